The third-order valence-electron chi connectivity index (χ3n) is 1.77. The molecule has 4 nitrogen and oxygen atoms in total. The van der Waals surface area contributed by atoms with Gasteiger partial charge in [-0.05, 0) is 19.8 Å². The first-order chi connectivity index (χ1) is 7.54. The smallest absolute Gasteiger partial charge is 0.0663 e. The summed E-state index contributed by atoms with van der Waals surface area (Å²) in [5.74, 6) is 0. The summed E-state index contributed by atoms with van der Waals surface area (Å²) in [6, 6.07) is 0. The number of aliphatic hydroxyl groups excluding tert-OH is 2. The summed E-state index contributed by atoms with van der Waals surface area (Å²) in [6.45, 7) is 9.71. The fourth-order valence-corrected chi connectivity index (χ4v) is 0.841. The SMILES string of the molecule is C=CCOCC=C.CC(O)(CCO)CCO. The molecule has 0 aliphatic rings. The second-order valence-corrected chi connectivity index (χ2v) is 3.56. The molecule has 0 spiro atoms. The molecule has 0 amide bonds. The van der Waals surface area contributed by atoms with E-state index in [0.29, 0.717) is 26.1 Å². The first-order valence-corrected chi connectivity index (χ1v) is 5.27. The van der Waals surface area contributed by atoms with Crippen molar-refractivity contribution in [2.24, 2.45) is 0 Å². The van der Waals surface area contributed by atoms with E-state index in [1.165, 1.54) is 0 Å². The van der Waals surface area contributed by atoms with E-state index in [0.717, 1.165) is 0 Å². The van der Waals surface area contributed by atoms with Crippen LogP contribution < -0.4 is 0 Å². The summed E-state index contributed by atoms with van der Waals surface area (Å²) in [6.07, 6.45) is 4.08. The van der Waals surface area contributed by atoms with Gasteiger partial charge in [0.2, 0.25) is 0 Å². The molecule has 0 atom stereocenters. The van der Waals surface area contributed by atoms with Crippen LogP contribution in [0.15, 0.2) is 25.3 Å². The van der Waals surface area contributed by atoms with Crippen LogP contribution in [0.3, 0.4) is 0 Å². The van der Waals surface area contributed by atoms with Crippen LogP contribution in [0.2, 0.25) is 0 Å². The third kappa shape index (κ3) is 15.8. The van der Waals surface area contributed by atoms with E-state index in [2.05, 4.69) is 13.2 Å². The molecule has 0 aromatic heterocycles. The molecule has 0 aliphatic carbocycles. The van der Waals surface area contributed by atoms with Crippen molar-refractivity contribution in [3.63, 3.8) is 0 Å². The van der Waals surface area contributed by atoms with Gasteiger partial charge < -0.3 is 20.1 Å². The molecule has 16 heavy (non-hydrogen) atoms. The highest BCUT2D eigenvalue weighted by Gasteiger charge is 2.17. The van der Waals surface area contributed by atoms with Crippen molar-refractivity contribution < 1.29 is 20.1 Å². The van der Waals surface area contributed by atoms with Crippen LogP contribution in [0.4, 0.5) is 0 Å². The third-order valence-corrected chi connectivity index (χ3v) is 1.77. The van der Waals surface area contributed by atoms with Gasteiger partial charge in [0.05, 0.1) is 18.8 Å². The molecule has 0 radical (unpaired) electrons. The molecule has 4 heteroatoms. The highest BCUT2D eigenvalue weighted by Crippen LogP contribution is 2.11. The van der Waals surface area contributed by atoms with Gasteiger partial charge in [-0.2, -0.15) is 0 Å². The van der Waals surface area contributed by atoms with E-state index in [4.69, 9.17) is 14.9 Å². The summed E-state index contributed by atoms with van der Waals surface area (Å²) in [4.78, 5) is 0. The van der Waals surface area contributed by atoms with Gasteiger partial charge in [0.15, 0.2) is 0 Å². The first-order valence-electron chi connectivity index (χ1n) is 5.27. The van der Waals surface area contributed by atoms with Crippen LogP contribution in [-0.4, -0.2) is 47.3 Å². The molecule has 0 rings (SSSR count). The lowest BCUT2D eigenvalue weighted by Gasteiger charge is -2.20. The second-order valence-electron chi connectivity index (χ2n) is 3.56. The van der Waals surface area contributed by atoms with Gasteiger partial charge >= 0.3 is 0 Å². The fraction of sp³-hybridized carbons (Fsp3) is 0.667. The van der Waals surface area contributed by atoms with E-state index in [1.54, 1.807) is 19.1 Å². The standard InChI is InChI=1S/C6H14O3.C6H10O/c1-6(9,2-4-7)3-5-8;1-3-5-7-6-4-2/h7-9H,2-5H2,1H3;3-4H,1-2,5-6H2. The molecule has 0 bridgehead atoms. The van der Waals surface area contributed by atoms with Crippen LogP contribution in [0, 0.1) is 0 Å². The molecular weight excluding hydrogens is 208 g/mol. The molecule has 0 unspecified atom stereocenters. The summed E-state index contributed by atoms with van der Waals surface area (Å²) in [7, 11) is 0. The Bertz CT molecular complexity index is 150. The summed E-state index contributed by atoms with van der Waals surface area (Å²) in [5.41, 5.74) is -0.899. The maximum absolute atomic E-state index is 9.19. The lowest BCUT2D eigenvalue weighted by molar-refractivity contribution is 0.0116. The maximum Gasteiger partial charge on any atom is 0.0663 e. The van der Waals surface area contributed by atoms with E-state index in [9.17, 15) is 5.11 Å². The largest absolute Gasteiger partial charge is 0.396 e. The molecule has 0 aromatic rings. The van der Waals surface area contributed by atoms with Crippen LogP contribution in [-0.2, 0) is 4.74 Å². The fourth-order valence-electron chi connectivity index (χ4n) is 0.841. The quantitative estimate of drug-likeness (QED) is 0.429. The number of rotatable bonds is 8. The number of hydrogen-bond donors (Lipinski definition) is 3. The summed E-state index contributed by atoms with van der Waals surface area (Å²) in [5, 5.41) is 26.0. The van der Waals surface area contributed by atoms with Crippen LogP contribution >= 0.6 is 0 Å². The highest BCUT2D eigenvalue weighted by atomic mass is 16.5. The average Bonchev–Trinajstić information content (AvgIpc) is 2.19. The molecule has 3 N–H and O–H groups in total. The maximum atomic E-state index is 9.19. The molecule has 96 valence electrons. The van der Waals surface area contributed by atoms with Crippen molar-refractivity contribution >= 4 is 0 Å². The Balaban J connectivity index is 0. The van der Waals surface area contributed by atoms with Gasteiger partial charge in [0, 0.05) is 13.2 Å². The zero-order valence-electron chi connectivity index (χ0n) is 10.1. The molecule has 0 saturated carbocycles. The van der Waals surface area contributed by atoms with E-state index in [1.807, 2.05) is 0 Å². The van der Waals surface area contributed by atoms with E-state index < -0.39 is 5.60 Å². The van der Waals surface area contributed by atoms with Gasteiger partial charge in [0.1, 0.15) is 0 Å². The van der Waals surface area contributed by atoms with Crippen LogP contribution in [0.1, 0.15) is 19.8 Å². The normalized spacial score (nSPS) is 10.2. The highest BCUT2D eigenvalue weighted by molar-refractivity contribution is 4.70. The molecule has 0 heterocycles. The number of hydrogen-bond acceptors (Lipinski definition) is 4. The zero-order valence-corrected chi connectivity index (χ0v) is 10.1. The van der Waals surface area contributed by atoms with Crippen molar-refractivity contribution in [2.45, 2.75) is 25.4 Å². The van der Waals surface area contributed by atoms with Gasteiger partial charge in [-0.25, -0.2) is 0 Å². The zero-order chi connectivity index (χ0) is 12.9. The van der Waals surface area contributed by atoms with E-state index in [-0.39, 0.29) is 13.2 Å². The molecule has 0 aromatic carbocycles. The average molecular weight is 232 g/mol. The van der Waals surface area contributed by atoms with Gasteiger partial charge in [-0.3, -0.25) is 0 Å². The minimum atomic E-state index is -0.899. The Morgan fingerprint density at radius 2 is 1.44 bits per heavy atom. The van der Waals surface area contributed by atoms with Crippen molar-refractivity contribution in [3.05, 3.63) is 25.3 Å². The van der Waals surface area contributed by atoms with Gasteiger partial charge in [-0.1, -0.05) is 12.2 Å². The first kappa shape index (κ1) is 17.7. The Kier molecular flexibility index (Phi) is 13.7. The summed E-state index contributed by atoms with van der Waals surface area (Å²) >= 11 is 0. The molecule has 0 fully saturated rings. The lowest BCUT2D eigenvalue weighted by Crippen LogP contribution is -2.26. The van der Waals surface area contributed by atoms with Crippen LogP contribution in [0.5, 0.6) is 0 Å². The minimum absolute atomic E-state index is 0.0347. The van der Waals surface area contributed by atoms with Crippen LogP contribution in [0.25, 0.3) is 0 Å². The Hall–Kier alpha value is -0.680. The number of ether oxygens (including phenoxy) is 1. The van der Waals surface area contributed by atoms with Crippen molar-refractivity contribution in [1.29, 1.82) is 0 Å². The Morgan fingerprint density at radius 3 is 1.69 bits per heavy atom. The van der Waals surface area contributed by atoms with Gasteiger partial charge in [-0.15, -0.1) is 13.2 Å². The Morgan fingerprint density at radius 1 is 1.06 bits per heavy atom. The number of aliphatic hydroxyl groups is 3. The van der Waals surface area contributed by atoms with Crippen molar-refractivity contribution in [2.75, 3.05) is 26.4 Å². The van der Waals surface area contributed by atoms with Crippen molar-refractivity contribution in [1.82, 2.24) is 0 Å². The predicted molar refractivity (Wildman–Crippen MR) is 65.2 cm³/mol. The minimum Gasteiger partial charge on any atom is -0.396 e. The van der Waals surface area contributed by atoms with Crippen molar-refractivity contribution in [3.8, 4) is 0 Å². The monoisotopic (exact) mass is 232 g/mol. The Labute approximate surface area is 97.9 Å². The lowest BCUT2D eigenvalue weighted by atomic mass is 10.00. The van der Waals surface area contributed by atoms with Gasteiger partial charge in [0.25, 0.3) is 0 Å². The molecular formula is C12H24O4. The molecule has 0 saturated heterocycles. The predicted octanol–water partition coefficient (Wildman–Crippen LogP) is 0.877. The second kappa shape index (κ2) is 12.4. The molecule has 0 aliphatic heterocycles. The summed E-state index contributed by atoms with van der Waals surface area (Å²) < 4.78 is 4.90. The van der Waals surface area contributed by atoms with E-state index >= 15 is 0 Å². The topological polar surface area (TPSA) is 69.9 Å².